The molecule has 0 aliphatic heterocycles. The molecule has 0 unspecified atom stereocenters. The van der Waals surface area contributed by atoms with Crippen molar-refractivity contribution in [1.29, 1.82) is 0 Å². The summed E-state index contributed by atoms with van der Waals surface area (Å²) in [6, 6.07) is 16.3. The summed E-state index contributed by atoms with van der Waals surface area (Å²) in [6.07, 6.45) is 2.06. The van der Waals surface area contributed by atoms with E-state index in [9.17, 15) is 5.11 Å². The van der Waals surface area contributed by atoms with Crippen molar-refractivity contribution in [2.45, 2.75) is 26.7 Å². The number of phenols is 1. The van der Waals surface area contributed by atoms with Crippen molar-refractivity contribution in [1.82, 2.24) is 0 Å². The first-order valence-corrected chi connectivity index (χ1v) is 6.49. The van der Waals surface area contributed by atoms with Gasteiger partial charge in [0.05, 0.1) is 0 Å². The van der Waals surface area contributed by atoms with Crippen LogP contribution in [-0.2, 0) is 12.8 Å². The monoisotopic (exact) mass is 240 g/mol. The van der Waals surface area contributed by atoms with Gasteiger partial charge in [-0.1, -0.05) is 50.2 Å². The SMILES string of the molecule is CC(C)Cc1ccc(Cc2ccc(O)cc2)cc1. The Balaban J connectivity index is 2.04. The van der Waals surface area contributed by atoms with Gasteiger partial charge in [-0.05, 0) is 47.6 Å². The molecule has 0 heterocycles. The van der Waals surface area contributed by atoms with Crippen LogP contribution >= 0.6 is 0 Å². The Bertz CT molecular complexity index is 480. The van der Waals surface area contributed by atoms with Crippen LogP contribution in [0, 0.1) is 5.92 Å². The van der Waals surface area contributed by atoms with Crippen LogP contribution < -0.4 is 0 Å². The van der Waals surface area contributed by atoms with Crippen LogP contribution in [-0.4, -0.2) is 5.11 Å². The molecule has 2 aromatic carbocycles. The summed E-state index contributed by atoms with van der Waals surface area (Å²) in [5.74, 6) is 1.03. The average Bonchev–Trinajstić information content (AvgIpc) is 2.34. The van der Waals surface area contributed by atoms with Gasteiger partial charge in [0.25, 0.3) is 0 Å². The van der Waals surface area contributed by atoms with Crippen LogP contribution in [0.1, 0.15) is 30.5 Å². The van der Waals surface area contributed by atoms with E-state index in [1.807, 2.05) is 12.1 Å². The normalized spacial score (nSPS) is 10.8. The van der Waals surface area contributed by atoms with Gasteiger partial charge in [-0.25, -0.2) is 0 Å². The molecular weight excluding hydrogens is 220 g/mol. The molecule has 0 radical (unpaired) electrons. The standard InChI is InChI=1S/C17H20O/c1-13(2)11-14-3-5-15(6-4-14)12-16-7-9-17(18)10-8-16/h3-10,13,18H,11-12H2,1-2H3. The Kier molecular flexibility index (Phi) is 4.03. The summed E-state index contributed by atoms with van der Waals surface area (Å²) >= 11 is 0. The fraction of sp³-hybridized carbons (Fsp3) is 0.294. The summed E-state index contributed by atoms with van der Waals surface area (Å²) in [5.41, 5.74) is 3.94. The Morgan fingerprint density at radius 2 is 1.22 bits per heavy atom. The Morgan fingerprint density at radius 3 is 1.72 bits per heavy atom. The highest BCUT2D eigenvalue weighted by atomic mass is 16.3. The topological polar surface area (TPSA) is 20.2 Å². The van der Waals surface area contributed by atoms with Crippen molar-refractivity contribution in [2.24, 2.45) is 5.92 Å². The molecule has 1 heteroatoms. The van der Waals surface area contributed by atoms with Crippen LogP contribution in [0.5, 0.6) is 5.75 Å². The molecule has 1 N–H and O–H groups in total. The van der Waals surface area contributed by atoms with E-state index in [0.717, 1.165) is 12.8 Å². The zero-order valence-electron chi connectivity index (χ0n) is 11.1. The zero-order chi connectivity index (χ0) is 13.0. The van der Waals surface area contributed by atoms with Gasteiger partial charge in [0, 0.05) is 0 Å². The molecule has 0 amide bonds. The van der Waals surface area contributed by atoms with Gasteiger partial charge in [0.2, 0.25) is 0 Å². The quantitative estimate of drug-likeness (QED) is 0.850. The lowest BCUT2D eigenvalue weighted by Gasteiger charge is -2.07. The minimum absolute atomic E-state index is 0.325. The number of hydrogen-bond donors (Lipinski definition) is 1. The molecule has 0 fully saturated rings. The maximum absolute atomic E-state index is 9.24. The van der Waals surface area contributed by atoms with Crippen LogP contribution in [0.25, 0.3) is 0 Å². The molecule has 0 aromatic heterocycles. The van der Waals surface area contributed by atoms with Crippen LogP contribution in [0.4, 0.5) is 0 Å². The van der Waals surface area contributed by atoms with Gasteiger partial charge in [0.1, 0.15) is 5.75 Å². The number of phenolic OH excluding ortho intramolecular Hbond substituents is 1. The van der Waals surface area contributed by atoms with Crippen molar-refractivity contribution < 1.29 is 5.11 Å². The molecule has 0 atom stereocenters. The second-order valence-corrected chi connectivity index (χ2v) is 5.26. The van der Waals surface area contributed by atoms with Crippen molar-refractivity contribution in [3.05, 3.63) is 65.2 Å². The highest BCUT2D eigenvalue weighted by Gasteiger charge is 2.00. The molecule has 18 heavy (non-hydrogen) atoms. The predicted octanol–water partition coefficient (Wildman–Crippen LogP) is 4.18. The van der Waals surface area contributed by atoms with Crippen LogP contribution in [0.15, 0.2) is 48.5 Å². The minimum Gasteiger partial charge on any atom is -0.508 e. The number of benzene rings is 2. The molecule has 0 saturated heterocycles. The summed E-state index contributed by atoms with van der Waals surface area (Å²) in [4.78, 5) is 0. The van der Waals surface area contributed by atoms with Crippen LogP contribution in [0.3, 0.4) is 0 Å². The lowest BCUT2D eigenvalue weighted by atomic mass is 9.99. The first kappa shape index (κ1) is 12.7. The maximum atomic E-state index is 9.24. The second-order valence-electron chi connectivity index (χ2n) is 5.26. The zero-order valence-corrected chi connectivity index (χ0v) is 11.1. The summed E-state index contributed by atoms with van der Waals surface area (Å²) in [7, 11) is 0. The van der Waals surface area contributed by atoms with E-state index in [4.69, 9.17) is 0 Å². The smallest absolute Gasteiger partial charge is 0.115 e. The van der Waals surface area contributed by atoms with E-state index in [1.165, 1.54) is 16.7 Å². The van der Waals surface area contributed by atoms with E-state index in [2.05, 4.69) is 38.1 Å². The third kappa shape index (κ3) is 3.63. The van der Waals surface area contributed by atoms with Crippen molar-refractivity contribution in [3.8, 4) is 5.75 Å². The summed E-state index contributed by atoms with van der Waals surface area (Å²) in [6.45, 7) is 4.48. The summed E-state index contributed by atoms with van der Waals surface area (Å²) < 4.78 is 0. The van der Waals surface area contributed by atoms with E-state index >= 15 is 0 Å². The third-order valence-electron chi connectivity index (χ3n) is 3.01. The molecule has 0 saturated carbocycles. The molecular formula is C17H20O. The predicted molar refractivity (Wildman–Crippen MR) is 75.9 cm³/mol. The van der Waals surface area contributed by atoms with Gasteiger partial charge in [-0.2, -0.15) is 0 Å². The first-order chi connectivity index (χ1) is 8.63. The molecule has 0 aliphatic rings. The molecule has 0 spiro atoms. The largest absolute Gasteiger partial charge is 0.508 e. The average molecular weight is 240 g/mol. The van der Waals surface area contributed by atoms with Gasteiger partial charge >= 0.3 is 0 Å². The lowest BCUT2D eigenvalue weighted by molar-refractivity contribution is 0.475. The van der Waals surface area contributed by atoms with E-state index in [0.29, 0.717) is 11.7 Å². The molecule has 2 rings (SSSR count). The van der Waals surface area contributed by atoms with Crippen molar-refractivity contribution in [3.63, 3.8) is 0 Å². The van der Waals surface area contributed by atoms with E-state index in [1.54, 1.807) is 12.1 Å². The molecule has 0 bridgehead atoms. The molecule has 2 aromatic rings. The fourth-order valence-electron chi connectivity index (χ4n) is 2.11. The Hall–Kier alpha value is -1.76. The van der Waals surface area contributed by atoms with Crippen molar-refractivity contribution in [2.75, 3.05) is 0 Å². The Labute approximate surface area is 109 Å². The van der Waals surface area contributed by atoms with Crippen LogP contribution in [0.2, 0.25) is 0 Å². The van der Waals surface area contributed by atoms with E-state index in [-0.39, 0.29) is 0 Å². The minimum atomic E-state index is 0.325. The molecule has 1 nitrogen and oxygen atoms in total. The van der Waals surface area contributed by atoms with Gasteiger partial charge in [0.15, 0.2) is 0 Å². The number of rotatable bonds is 4. The maximum Gasteiger partial charge on any atom is 0.115 e. The van der Waals surface area contributed by atoms with Crippen molar-refractivity contribution >= 4 is 0 Å². The highest BCUT2D eigenvalue weighted by molar-refractivity contribution is 5.32. The van der Waals surface area contributed by atoms with E-state index < -0.39 is 0 Å². The second kappa shape index (κ2) is 5.72. The fourth-order valence-corrected chi connectivity index (χ4v) is 2.11. The summed E-state index contributed by atoms with van der Waals surface area (Å²) in [5, 5.41) is 9.24. The molecule has 94 valence electrons. The lowest BCUT2D eigenvalue weighted by Crippen LogP contribution is -1.94. The van der Waals surface area contributed by atoms with Gasteiger partial charge < -0.3 is 5.11 Å². The Morgan fingerprint density at radius 1 is 0.778 bits per heavy atom. The number of hydrogen-bond acceptors (Lipinski definition) is 1. The molecule has 0 aliphatic carbocycles. The van der Waals surface area contributed by atoms with Gasteiger partial charge in [-0.3, -0.25) is 0 Å². The highest BCUT2D eigenvalue weighted by Crippen LogP contribution is 2.15. The third-order valence-corrected chi connectivity index (χ3v) is 3.01. The van der Waals surface area contributed by atoms with Gasteiger partial charge in [-0.15, -0.1) is 0 Å². The number of aromatic hydroxyl groups is 1. The first-order valence-electron chi connectivity index (χ1n) is 6.49.